The average Bonchev–Trinajstić information content (AvgIpc) is 2.04. The van der Waals surface area contributed by atoms with E-state index in [4.69, 9.17) is 0 Å². The lowest BCUT2D eigenvalue weighted by Crippen LogP contribution is -2.25. The number of halogens is 1. The molecule has 1 atom stereocenters. The molecular weight excluding hydrogens is 230 g/mol. The van der Waals surface area contributed by atoms with Crippen LogP contribution in [0.2, 0.25) is 0 Å². The number of alkyl halides is 1. The summed E-state index contributed by atoms with van der Waals surface area (Å²) < 4.78 is 0. The Bertz CT molecular complexity index is 258. The maximum absolute atomic E-state index is 4.23. The van der Waals surface area contributed by atoms with Crippen molar-refractivity contribution in [2.75, 3.05) is 18.5 Å². The fourth-order valence-corrected chi connectivity index (χ4v) is 1.48. The Morgan fingerprint density at radius 3 is 2.46 bits per heavy atom. The van der Waals surface area contributed by atoms with E-state index in [0.29, 0.717) is 4.83 Å². The molecule has 1 aromatic heterocycles. The Kier molecular flexibility index (Phi) is 3.66. The first kappa shape index (κ1) is 10.4. The molecule has 0 aliphatic carbocycles. The molecule has 72 valence electrons. The predicted molar refractivity (Wildman–Crippen MR) is 58.4 cm³/mol. The molecule has 0 spiro atoms. The molecule has 1 rings (SSSR count). The first-order chi connectivity index (χ1) is 6.09. The zero-order chi connectivity index (χ0) is 9.84. The summed E-state index contributed by atoms with van der Waals surface area (Å²) in [6.45, 7) is 4.99. The van der Waals surface area contributed by atoms with E-state index in [2.05, 4.69) is 32.8 Å². The number of aryl methyl sites for hydroxylation is 1. The Hall–Kier alpha value is -0.640. The van der Waals surface area contributed by atoms with Gasteiger partial charge in [0.1, 0.15) is 0 Å². The maximum atomic E-state index is 4.23. The van der Waals surface area contributed by atoms with Gasteiger partial charge in [-0.05, 0) is 12.5 Å². The standard InChI is InChI=1S/C9H14BrN3/c1-7-4-11-9(12-5-7)13(3)6-8(2)10/h4-5,8H,6H2,1-3H3. The van der Waals surface area contributed by atoms with Gasteiger partial charge in [-0.2, -0.15) is 0 Å². The van der Waals surface area contributed by atoms with Gasteiger partial charge < -0.3 is 4.90 Å². The highest BCUT2D eigenvalue weighted by atomic mass is 79.9. The molecule has 3 nitrogen and oxygen atoms in total. The van der Waals surface area contributed by atoms with Crippen LogP contribution in [0.3, 0.4) is 0 Å². The molecule has 0 aliphatic rings. The van der Waals surface area contributed by atoms with E-state index in [1.54, 1.807) is 0 Å². The summed E-state index contributed by atoms with van der Waals surface area (Å²) in [5.74, 6) is 0.775. The lowest BCUT2D eigenvalue weighted by molar-refractivity contribution is 0.836. The van der Waals surface area contributed by atoms with Gasteiger partial charge >= 0.3 is 0 Å². The zero-order valence-corrected chi connectivity index (χ0v) is 9.74. The van der Waals surface area contributed by atoms with Crippen molar-refractivity contribution in [2.45, 2.75) is 18.7 Å². The van der Waals surface area contributed by atoms with Crippen LogP contribution in [-0.4, -0.2) is 28.4 Å². The van der Waals surface area contributed by atoms with Crippen molar-refractivity contribution in [1.29, 1.82) is 0 Å². The van der Waals surface area contributed by atoms with Crippen molar-refractivity contribution in [3.8, 4) is 0 Å². The van der Waals surface area contributed by atoms with Gasteiger partial charge in [-0.25, -0.2) is 9.97 Å². The monoisotopic (exact) mass is 243 g/mol. The first-order valence-electron chi connectivity index (χ1n) is 4.23. The van der Waals surface area contributed by atoms with E-state index in [-0.39, 0.29) is 0 Å². The van der Waals surface area contributed by atoms with E-state index >= 15 is 0 Å². The Morgan fingerprint density at radius 1 is 1.46 bits per heavy atom. The second kappa shape index (κ2) is 4.56. The number of aromatic nitrogens is 2. The lowest BCUT2D eigenvalue weighted by Gasteiger charge is -2.17. The van der Waals surface area contributed by atoms with Crippen molar-refractivity contribution >= 4 is 21.9 Å². The minimum absolute atomic E-state index is 0.447. The topological polar surface area (TPSA) is 29.0 Å². The molecule has 0 N–H and O–H groups in total. The largest absolute Gasteiger partial charge is 0.343 e. The molecule has 0 radical (unpaired) electrons. The molecule has 0 saturated carbocycles. The number of rotatable bonds is 3. The average molecular weight is 244 g/mol. The summed E-state index contributed by atoms with van der Waals surface area (Å²) in [7, 11) is 1.99. The second-order valence-electron chi connectivity index (χ2n) is 3.22. The molecule has 0 aliphatic heterocycles. The van der Waals surface area contributed by atoms with Crippen molar-refractivity contribution in [1.82, 2.24) is 9.97 Å². The molecule has 0 fully saturated rings. The molecule has 4 heteroatoms. The first-order valence-corrected chi connectivity index (χ1v) is 5.15. The van der Waals surface area contributed by atoms with E-state index < -0.39 is 0 Å². The molecule has 13 heavy (non-hydrogen) atoms. The fraction of sp³-hybridized carbons (Fsp3) is 0.556. The molecule has 0 aromatic carbocycles. The Labute approximate surface area is 87.3 Å². The van der Waals surface area contributed by atoms with Crippen LogP contribution in [0, 0.1) is 6.92 Å². The number of hydrogen-bond donors (Lipinski definition) is 0. The quantitative estimate of drug-likeness (QED) is 0.761. The number of anilines is 1. The molecule has 1 unspecified atom stereocenters. The maximum Gasteiger partial charge on any atom is 0.225 e. The van der Waals surface area contributed by atoms with Gasteiger partial charge in [0.05, 0.1) is 0 Å². The summed E-state index contributed by atoms with van der Waals surface area (Å²) >= 11 is 3.49. The van der Waals surface area contributed by atoms with Gasteiger partial charge in [-0.3, -0.25) is 0 Å². The Morgan fingerprint density at radius 2 is 2.00 bits per heavy atom. The fourth-order valence-electron chi connectivity index (χ4n) is 1.04. The van der Waals surface area contributed by atoms with Gasteiger partial charge in [0.2, 0.25) is 5.95 Å². The molecule has 1 heterocycles. The normalized spacial score (nSPS) is 12.6. The van der Waals surface area contributed by atoms with E-state index in [0.717, 1.165) is 18.1 Å². The van der Waals surface area contributed by atoms with Crippen LogP contribution in [0.1, 0.15) is 12.5 Å². The van der Waals surface area contributed by atoms with Gasteiger partial charge in [-0.1, -0.05) is 22.9 Å². The van der Waals surface area contributed by atoms with Crippen LogP contribution in [0.4, 0.5) is 5.95 Å². The second-order valence-corrected chi connectivity index (χ2v) is 4.78. The lowest BCUT2D eigenvalue weighted by atomic mass is 10.4. The van der Waals surface area contributed by atoms with Gasteiger partial charge in [0.15, 0.2) is 0 Å². The third-order valence-electron chi connectivity index (χ3n) is 1.63. The van der Waals surface area contributed by atoms with Crippen molar-refractivity contribution in [3.63, 3.8) is 0 Å². The van der Waals surface area contributed by atoms with Crippen LogP contribution < -0.4 is 4.90 Å². The molecule has 0 saturated heterocycles. The smallest absolute Gasteiger partial charge is 0.225 e. The summed E-state index contributed by atoms with van der Waals surface area (Å²) in [6.07, 6.45) is 3.66. The van der Waals surface area contributed by atoms with Crippen LogP contribution in [0.5, 0.6) is 0 Å². The molecule has 1 aromatic rings. The third-order valence-corrected chi connectivity index (χ3v) is 1.92. The van der Waals surface area contributed by atoms with Crippen LogP contribution >= 0.6 is 15.9 Å². The molecule has 0 amide bonds. The summed E-state index contributed by atoms with van der Waals surface area (Å²) in [5.41, 5.74) is 1.09. The van der Waals surface area contributed by atoms with Crippen molar-refractivity contribution in [2.24, 2.45) is 0 Å². The van der Waals surface area contributed by atoms with E-state index in [1.807, 2.05) is 31.3 Å². The van der Waals surface area contributed by atoms with Crippen LogP contribution in [0.15, 0.2) is 12.4 Å². The van der Waals surface area contributed by atoms with E-state index in [9.17, 15) is 0 Å². The zero-order valence-electron chi connectivity index (χ0n) is 8.16. The minimum Gasteiger partial charge on any atom is -0.343 e. The van der Waals surface area contributed by atoms with Crippen LogP contribution in [-0.2, 0) is 0 Å². The molecule has 0 bridgehead atoms. The van der Waals surface area contributed by atoms with Gasteiger partial charge in [-0.15, -0.1) is 0 Å². The SMILES string of the molecule is Cc1cnc(N(C)CC(C)Br)nc1. The highest BCUT2D eigenvalue weighted by Gasteiger charge is 2.05. The van der Waals surface area contributed by atoms with Gasteiger partial charge in [0.25, 0.3) is 0 Å². The highest BCUT2D eigenvalue weighted by Crippen LogP contribution is 2.07. The molecular formula is C9H14BrN3. The van der Waals surface area contributed by atoms with Crippen molar-refractivity contribution < 1.29 is 0 Å². The minimum atomic E-state index is 0.447. The highest BCUT2D eigenvalue weighted by molar-refractivity contribution is 9.09. The Balaban J connectivity index is 2.66. The predicted octanol–water partition coefficient (Wildman–Crippen LogP) is 2.00. The number of hydrogen-bond acceptors (Lipinski definition) is 3. The summed E-state index contributed by atoms with van der Waals surface area (Å²) in [6, 6.07) is 0. The third kappa shape index (κ3) is 3.30. The number of nitrogens with zero attached hydrogens (tertiary/aromatic N) is 3. The summed E-state index contributed by atoms with van der Waals surface area (Å²) in [4.78, 5) is 10.9. The van der Waals surface area contributed by atoms with Crippen molar-refractivity contribution in [3.05, 3.63) is 18.0 Å². The van der Waals surface area contributed by atoms with Gasteiger partial charge in [0, 0.05) is 30.8 Å². The van der Waals surface area contributed by atoms with E-state index in [1.165, 1.54) is 0 Å². The summed E-state index contributed by atoms with van der Waals surface area (Å²) in [5, 5.41) is 0. The van der Waals surface area contributed by atoms with Crippen LogP contribution in [0.25, 0.3) is 0 Å².